The van der Waals surface area contributed by atoms with Crippen LogP contribution in [0.25, 0.3) is 10.3 Å². The van der Waals surface area contributed by atoms with Crippen molar-refractivity contribution in [3.05, 3.63) is 16.7 Å². The van der Waals surface area contributed by atoms with E-state index in [1.807, 2.05) is 6.26 Å². The summed E-state index contributed by atoms with van der Waals surface area (Å²) in [6, 6.07) is 0.261. The highest BCUT2D eigenvalue weighted by atomic mass is 32.2. The van der Waals surface area contributed by atoms with E-state index in [-0.39, 0.29) is 24.1 Å². The van der Waals surface area contributed by atoms with E-state index in [2.05, 4.69) is 15.3 Å². The molecule has 0 spiro atoms. The summed E-state index contributed by atoms with van der Waals surface area (Å²) in [4.78, 5) is 32.8. The molecule has 0 saturated heterocycles. The molecule has 2 aromatic rings. The number of thiazole rings is 1. The maximum atomic E-state index is 12.3. The number of hydrogen-bond donors (Lipinski definition) is 1. The molecule has 2 aromatic heterocycles. The van der Waals surface area contributed by atoms with Crippen LogP contribution in [0.1, 0.15) is 25.7 Å². The number of thioether (sulfide) groups is 1. The fraction of sp³-hybridized carbons (Fsp3) is 0.538. The van der Waals surface area contributed by atoms with Gasteiger partial charge in [-0.3, -0.25) is 14.2 Å². The van der Waals surface area contributed by atoms with Gasteiger partial charge in [0.05, 0.1) is 0 Å². The molecule has 1 fully saturated rings. The molecule has 0 bridgehead atoms. The van der Waals surface area contributed by atoms with Crippen LogP contribution in [-0.4, -0.2) is 32.7 Å². The molecule has 0 aliphatic heterocycles. The SMILES string of the molecule is CSc1nc2ncn(CC(=O)NC3CCCC3)c(=O)c2s1. The normalized spacial score (nSPS) is 15.7. The van der Waals surface area contributed by atoms with Crippen LogP contribution in [0.2, 0.25) is 0 Å². The standard InChI is InChI=1S/C13H16N4O2S2/c1-20-13-16-11-10(21-13)12(19)17(7-14-11)6-9(18)15-8-4-2-3-5-8/h7-8H,2-6H2,1H3,(H,15,18). The van der Waals surface area contributed by atoms with E-state index in [0.717, 1.165) is 30.0 Å². The lowest BCUT2D eigenvalue weighted by Crippen LogP contribution is -2.37. The van der Waals surface area contributed by atoms with Crippen molar-refractivity contribution >= 4 is 39.4 Å². The van der Waals surface area contributed by atoms with Crippen LogP contribution < -0.4 is 10.9 Å². The Morgan fingerprint density at radius 1 is 1.52 bits per heavy atom. The van der Waals surface area contributed by atoms with Crippen LogP contribution in [0.4, 0.5) is 0 Å². The molecule has 1 amide bonds. The van der Waals surface area contributed by atoms with Crippen LogP contribution in [0.5, 0.6) is 0 Å². The van der Waals surface area contributed by atoms with Crippen LogP contribution in [-0.2, 0) is 11.3 Å². The Labute approximate surface area is 130 Å². The van der Waals surface area contributed by atoms with E-state index in [4.69, 9.17) is 0 Å². The van der Waals surface area contributed by atoms with Crippen LogP contribution in [0.3, 0.4) is 0 Å². The van der Waals surface area contributed by atoms with Gasteiger partial charge in [0.2, 0.25) is 5.91 Å². The van der Waals surface area contributed by atoms with Gasteiger partial charge in [0.25, 0.3) is 5.56 Å². The van der Waals surface area contributed by atoms with Crippen molar-refractivity contribution in [3.8, 4) is 0 Å². The van der Waals surface area contributed by atoms with E-state index in [1.54, 1.807) is 0 Å². The van der Waals surface area contributed by atoms with Crippen LogP contribution in [0.15, 0.2) is 15.5 Å². The first-order valence-electron chi connectivity index (χ1n) is 6.86. The summed E-state index contributed by atoms with van der Waals surface area (Å²) >= 11 is 2.81. The van der Waals surface area contributed by atoms with E-state index in [9.17, 15) is 9.59 Å². The molecule has 1 aliphatic carbocycles. The third-order valence-electron chi connectivity index (χ3n) is 3.57. The third kappa shape index (κ3) is 3.11. The molecule has 112 valence electrons. The first-order chi connectivity index (χ1) is 10.2. The molecule has 1 N–H and O–H groups in total. The summed E-state index contributed by atoms with van der Waals surface area (Å²) in [5.41, 5.74) is 0.265. The van der Waals surface area contributed by atoms with Gasteiger partial charge in [-0.05, 0) is 19.1 Å². The molecule has 8 heteroatoms. The first-order valence-corrected chi connectivity index (χ1v) is 8.91. The van der Waals surface area contributed by atoms with E-state index in [1.165, 1.54) is 34.0 Å². The Bertz CT molecular complexity index is 719. The number of amides is 1. The Morgan fingerprint density at radius 2 is 2.29 bits per heavy atom. The molecule has 0 atom stereocenters. The smallest absolute Gasteiger partial charge is 0.273 e. The quantitative estimate of drug-likeness (QED) is 0.865. The zero-order valence-corrected chi connectivity index (χ0v) is 13.3. The van der Waals surface area contributed by atoms with Crippen molar-refractivity contribution in [2.45, 2.75) is 42.6 Å². The highest BCUT2D eigenvalue weighted by Crippen LogP contribution is 2.24. The molecule has 2 heterocycles. The molecule has 21 heavy (non-hydrogen) atoms. The monoisotopic (exact) mass is 324 g/mol. The number of rotatable bonds is 4. The number of hydrogen-bond acceptors (Lipinski definition) is 6. The molecule has 0 radical (unpaired) electrons. The second-order valence-electron chi connectivity index (χ2n) is 5.06. The lowest BCUT2D eigenvalue weighted by molar-refractivity contribution is -0.122. The number of carbonyl (C=O) groups is 1. The Kier molecular flexibility index (Phi) is 4.25. The highest BCUT2D eigenvalue weighted by Gasteiger charge is 2.18. The lowest BCUT2D eigenvalue weighted by atomic mass is 10.2. The first kappa shape index (κ1) is 14.5. The largest absolute Gasteiger partial charge is 0.352 e. The van der Waals surface area contributed by atoms with Crippen LogP contribution in [0, 0.1) is 0 Å². The van der Waals surface area contributed by atoms with Crippen molar-refractivity contribution in [2.24, 2.45) is 0 Å². The average Bonchev–Trinajstić information content (AvgIpc) is 3.11. The summed E-state index contributed by atoms with van der Waals surface area (Å²) < 4.78 is 2.67. The van der Waals surface area contributed by atoms with Crippen molar-refractivity contribution in [1.82, 2.24) is 19.9 Å². The average molecular weight is 324 g/mol. The predicted molar refractivity (Wildman–Crippen MR) is 83.9 cm³/mol. The van der Waals surface area contributed by atoms with Gasteiger partial charge in [0.15, 0.2) is 9.99 Å². The fourth-order valence-electron chi connectivity index (χ4n) is 2.53. The molecular formula is C13H16N4O2S2. The number of aromatic nitrogens is 3. The van der Waals surface area contributed by atoms with Crippen molar-refractivity contribution in [1.29, 1.82) is 0 Å². The number of nitrogens with zero attached hydrogens (tertiary/aromatic N) is 3. The van der Waals surface area contributed by atoms with Gasteiger partial charge in [-0.2, -0.15) is 0 Å². The second-order valence-corrected chi connectivity index (χ2v) is 7.12. The minimum Gasteiger partial charge on any atom is -0.352 e. The molecule has 0 aromatic carbocycles. The molecule has 3 rings (SSSR count). The topological polar surface area (TPSA) is 76.9 Å². The summed E-state index contributed by atoms with van der Waals surface area (Å²) in [7, 11) is 0. The minimum atomic E-state index is -0.195. The summed E-state index contributed by atoms with van der Waals surface area (Å²) in [6.45, 7) is 0.0186. The van der Waals surface area contributed by atoms with Crippen LogP contribution >= 0.6 is 23.1 Å². The van der Waals surface area contributed by atoms with Gasteiger partial charge < -0.3 is 5.32 Å². The van der Waals surface area contributed by atoms with Gasteiger partial charge in [-0.25, -0.2) is 9.97 Å². The van der Waals surface area contributed by atoms with E-state index in [0.29, 0.717) is 10.3 Å². The van der Waals surface area contributed by atoms with Gasteiger partial charge in [-0.15, -0.1) is 11.3 Å². The minimum absolute atomic E-state index is 0.0186. The van der Waals surface area contributed by atoms with Gasteiger partial charge >= 0.3 is 0 Å². The summed E-state index contributed by atoms with van der Waals surface area (Å²) in [5.74, 6) is -0.125. The Morgan fingerprint density at radius 3 is 3.00 bits per heavy atom. The zero-order valence-electron chi connectivity index (χ0n) is 11.7. The maximum Gasteiger partial charge on any atom is 0.273 e. The second kappa shape index (κ2) is 6.15. The van der Waals surface area contributed by atoms with Crippen molar-refractivity contribution in [2.75, 3.05) is 6.26 Å². The van der Waals surface area contributed by atoms with E-state index < -0.39 is 0 Å². The number of nitrogens with one attached hydrogen (secondary N) is 1. The third-order valence-corrected chi connectivity index (χ3v) is 5.59. The maximum absolute atomic E-state index is 12.3. The molecule has 1 saturated carbocycles. The van der Waals surface area contributed by atoms with Crippen molar-refractivity contribution in [3.63, 3.8) is 0 Å². The fourth-order valence-corrected chi connectivity index (χ4v) is 3.99. The molecule has 6 nitrogen and oxygen atoms in total. The van der Waals surface area contributed by atoms with Gasteiger partial charge in [0, 0.05) is 6.04 Å². The molecular weight excluding hydrogens is 308 g/mol. The van der Waals surface area contributed by atoms with Crippen molar-refractivity contribution < 1.29 is 4.79 Å². The number of fused-ring (bicyclic) bond motifs is 1. The summed E-state index contributed by atoms with van der Waals surface area (Å²) in [6.07, 6.45) is 7.70. The van der Waals surface area contributed by atoms with E-state index >= 15 is 0 Å². The van der Waals surface area contributed by atoms with Gasteiger partial charge in [0.1, 0.15) is 17.6 Å². The predicted octanol–water partition coefficient (Wildman–Crippen LogP) is 1.63. The van der Waals surface area contributed by atoms with Gasteiger partial charge in [-0.1, -0.05) is 24.6 Å². The molecule has 0 unspecified atom stereocenters. The Hall–Kier alpha value is -1.41. The Balaban J connectivity index is 1.78. The summed E-state index contributed by atoms with van der Waals surface area (Å²) in [5, 5.41) is 2.98. The number of carbonyl (C=O) groups excluding carboxylic acids is 1. The lowest BCUT2D eigenvalue weighted by Gasteiger charge is -2.12. The highest BCUT2D eigenvalue weighted by molar-refractivity contribution is 8.00. The molecule has 1 aliphatic rings. The zero-order chi connectivity index (χ0) is 14.8.